The van der Waals surface area contributed by atoms with Crippen molar-refractivity contribution >= 4 is 17.5 Å². The highest BCUT2D eigenvalue weighted by molar-refractivity contribution is 5.95. The summed E-state index contributed by atoms with van der Waals surface area (Å²) in [5, 5.41) is 9.06. The monoisotopic (exact) mass is 485 g/mol. The van der Waals surface area contributed by atoms with Crippen LogP contribution in [0.5, 0.6) is 0 Å². The summed E-state index contributed by atoms with van der Waals surface area (Å²) in [4.78, 5) is 32.9. The lowest BCUT2D eigenvalue weighted by molar-refractivity contribution is -0.137. The van der Waals surface area contributed by atoms with E-state index < -0.39 is 29.1 Å². The minimum absolute atomic E-state index is 0.0780. The van der Waals surface area contributed by atoms with Crippen LogP contribution in [-0.4, -0.2) is 47.9 Å². The van der Waals surface area contributed by atoms with Crippen LogP contribution in [0.25, 0.3) is 0 Å². The maximum absolute atomic E-state index is 13.4. The number of nitrogens with zero attached hydrogens (tertiary/aromatic N) is 4. The number of nitrogens with two attached hydrogens (primary N) is 1. The van der Waals surface area contributed by atoms with Crippen LogP contribution in [0.4, 0.5) is 18.9 Å². The number of carbonyl (C=O) groups is 2. The number of pyridine rings is 1. The maximum atomic E-state index is 13.4. The van der Waals surface area contributed by atoms with Gasteiger partial charge in [0.15, 0.2) is 0 Å². The Labute approximate surface area is 201 Å². The van der Waals surface area contributed by atoms with Crippen LogP contribution in [0.15, 0.2) is 36.5 Å². The molecule has 0 spiro atoms. The minimum Gasteiger partial charge on any atom is -0.370 e. The smallest absolute Gasteiger partial charge is 0.370 e. The predicted octanol–water partition coefficient (Wildman–Crippen LogP) is 3.37. The average molecular weight is 486 g/mol. The van der Waals surface area contributed by atoms with Crippen LogP contribution >= 0.6 is 0 Å². The third-order valence-electron chi connectivity index (χ3n) is 7.19. The van der Waals surface area contributed by atoms with Crippen molar-refractivity contribution in [2.75, 3.05) is 31.1 Å². The number of likely N-dealkylation sites (tertiary alicyclic amines) is 1. The van der Waals surface area contributed by atoms with E-state index in [-0.39, 0.29) is 24.3 Å². The SMILES string of the molecule is Cc1ncccc1C(=O)N1CCC([C@@H]2CN(c3ccc(C#N)c(C(F)(F)F)c3)C[C@H]2C(N)=O)CC1. The second kappa shape index (κ2) is 9.56. The van der Waals surface area contributed by atoms with Gasteiger partial charge in [0.2, 0.25) is 5.91 Å². The van der Waals surface area contributed by atoms with E-state index in [9.17, 15) is 22.8 Å². The number of hydrogen-bond donors (Lipinski definition) is 1. The van der Waals surface area contributed by atoms with Crippen molar-refractivity contribution in [2.45, 2.75) is 25.9 Å². The molecule has 7 nitrogen and oxygen atoms in total. The number of amides is 2. The molecule has 3 heterocycles. The zero-order valence-corrected chi connectivity index (χ0v) is 19.3. The number of hydrogen-bond acceptors (Lipinski definition) is 5. The largest absolute Gasteiger partial charge is 0.417 e. The van der Waals surface area contributed by atoms with Crippen molar-refractivity contribution in [1.29, 1.82) is 5.26 Å². The molecular formula is C25H26F3N5O2. The molecule has 10 heteroatoms. The second-order valence-electron chi connectivity index (χ2n) is 9.18. The van der Waals surface area contributed by atoms with Crippen LogP contribution in [0, 0.1) is 36.0 Å². The van der Waals surface area contributed by atoms with Gasteiger partial charge in [-0.1, -0.05) is 0 Å². The Kier molecular flexibility index (Phi) is 6.70. The molecule has 2 N–H and O–H groups in total. The Morgan fingerprint density at radius 1 is 1.17 bits per heavy atom. The number of alkyl halides is 3. The van der Waals surface area contributed by atoms with Gasteiger partial charge in [-0.15, -0.1) is 0 Å². The number of primary amides is 1. The van der Waals surface area contributed by atoms with Crippen molar-refractivity contribution < 1.29 is 22.8 Å². The first-order chi connectivity index (χ1) is 16.6. The molecule has 2 aliphatic rings. The predicted molar refractivity (Wildman–Crippen MR) is 122 cm³/mol. The zero-order valence-electron chi connectivity index (χ0n) is 19.3. The molecule has 0 saturated carbocycles. The van der Waals surface area contributed by atoms with E-state index in [4.69, 9.17) is 11.0 Å². The molecule has 0 bridgehead atoms. The quantitative estimate of drug-likeness (QED) is 0.715. The molecule has 184 valence electrons. The fraction of sp³-hybridized carbons (Fsp3) is 0.440. The van der Waals surface area contributed by atoms with Crippen LogP contribution in [-0.2, 0) is 11.0 Å². The molecule has 2 fully saturated rings. The van der Waals surface area contributed by atoms with Gasteiger partial charge in [-0.3, -0.25) is 14.6 Å². The molecule has 1 aromatic heterocycles. The van der Waals surface area contributed by atoms with Crippen LogP contribution in [0.1, 0.15) is 40.0 Å². The Hall–Kier alpha value is -3.61. The minimum atomic E-state index is -4.66. The van der Waals surface area contributed by atoms with Gasteiger partial charge in [0, 0.05) is 43.8 Å². The number of nitriles is 1. The lowest BCUT2D eigenvalue weighted by Gasteiger charge is -2.36. The first-order valence-electron chi connectivity index (χ1n) is 11.5. The third-order valence-corrected chi connectivity index (χ3v) is 7.19. The molecular weight excluding hydrogens is 459 g/mol. The van der Waals surface area contributed by atoms with Crippen LogP contribution in [0.3, 0.4) is 0 Å². The molecule has 2 aliphatic heterocycles. The summed E-state index contributed by atoms with van der Waals surface area (Å²) in [5.74, 6) is -1.09. The second-order valence-corrected chi connectivity index (χ2v) is 9.18. The summed E-state index contributed by atoms with van der Waals surface area (Å²) in [6, 6.07) is 8.67. The van der Waals surface area contributed by atoms with Crippen molar-refractivity contribution in [3.63, 3.8) is 0 Å². The summed E-state index contributed by atoms with van der Waals surface area (Å²) in [6.45, 7) is 3.44. The Bertz CT molecular complexity index is 1170. The van der Waals surface area contributed by atoms with E-state index in [1.807, 2.05) is 0 Å². The van der Waals surface area contributed by atoms with Crippen LogP contribution < -0.4 is 10.6 Å². The number of aryl methyl sites for hydroxylation is 1. The van der Waals surface area contributed by atoms with E-state index in [1.54, 1.807) is 41.1 Å². The maximum Gasteiger partial charge on any atom is 0.417 e. The first kappa shape index (κ1) is 24.5. The molecule has 0 radical (unpaired) electrons. The van der Waals surface area contributed by atoms with E-state index >= 15 is 0 Å². The molecule has 4 rings (SSSR count). The van der Waals surface area contributed by atoms with Crippen molar-refractivity contribution in [2.24, 2.45) is 23.5 Å². The fourth-order valence-corrected chi connectivity index (χ4v) is 5.29. The fourth-order valence-electron chi connectivity index (χ4n) is 5.29. The van der Waals surface area contributed by atoms with Gasteiger partial charge in [-0.2, -0.15) is 18.4 Å². The van der Waals surface area contributed by atoms with E-state index in [0.717, 1.165) is 12.1 Å². The summed E-state index contributed by atoms with van der Waals surface area (Å²) >= 11 is 0. The number of benzene rings is 1. The van der Waals surface area contributed by atoms with Crippen LogP contribution in [0.2, 0.25) is 0 Å². The molecule has 0 unspecified atom stereocenters. The topological polar surface area (TPSA) is 103 Å². The molecule has 0 aliphatic carbocycles. The van der Waals surface area contributed by atoms with Gasteiger partial charge < -0.3 is 15.5 Å². The summed E-state index contributed by atoms with van der Waals surface area (Å²) in [7, 11) is 0. The molecule has 2 saturated heterocycles. The molecule has 2 atom stereocenters. The van der Waals surface area contributed by atoms with Gasteiger partial charge in [0.1, 0.15) is 0 Å². The number of anilines is 1. The molecule has 1 aromatic carbocycles. The van der Waals surface area contributed by atoms with E-state index in [1.165, 1.54) is 6.07 Å². The molecule has 2 amide bonds. The van der Waals surface area contributed by atoms with Crippen molar-refractivity contribution in [3.05, 3.63) is 58.9 Å². The van der Waals surface area contributed by atoms with Gasteiger partial charge in [-0.05, 0) is 61.9 Å². The summed E-state index contributed by atoms with van der Waals surface area (Å²) in [6.07, 6.45) is -1.67. The van der Waals surface area contributed by atoms with Gasteiger partial charge in [-0.25, -0.2) is 0 Å². The molecule has 2 aromatic rings. The van der Waals surface area contributed by atoms with Gasteiger partial charge >= 0.3 is 6.18 Å². The van der Waals surface area contributed by atoms with Crippen molar-refractivity contribution in [3.8, 4) is 6.07 Å². The Morgan fingerprint density at radius 3 is 2.49 bits per heavy atom. The first-order valence-corrected chi connectivity index (χ1v) is 11.5. The summed E-state index contributed by atoms with van der Waals surface area (Å²) < 4.78 is 40.3. The number of carbonyl (C=O) groups excluding carboxylic acids is 2. The van der Waals surface area contributed by atoms with Gasteiger partial charge in [0.05, 0.1) is 28.7 Å². The highest BCUT2D eigenvalue weighted by Crippen LogP contribution is 2.40. The number of aromatic nitrogens is 1. The Morgan fingerprint density at radius 2 is 1.89 bits per heavy atom. The highest BCUT2D eigenvalue weighted by Gasteiger charge is 2.43. The third kappa shape index (κ3) is 4.94. The number of piperidine rings is 1. The van der Waals surface area contributed by atoms with E-state index in [2.05, 4.69) is 4.98 Å². The van der Waals surface area contributed by atoms with Crippen molar-refractivity contribution in [1.82, 2.24) is 9.88 Å². The van der Waals surface area contributed by atoms with E-state index in [0.29, 0.717) is 49.4 Å². The standard InChI is InChI=1S/C25H26F3N5O2/c1-15-19(3-2-8-31-15)24(35)32-9-6-16(7-10-32)20-13-33(14-21(20)23(30)34)18-5-4-17(12-29)22(11-18)25(26,27)28/h2-5,8,11,16,20-21H,6-7,9-10,13-14H2,1H3,(H2,30,34)/t20-,21+/m0/s1. The summed E-state index contributed by atoms with van der Waals surface area (Å²) in [5.41, 5.74) is 5.80. The number of rotatable bonds is 4. The van der Waals surface area contributed by atoms with Gasteiger partial charge in [0.25, 0.3) is 5.91 Å². The average Bonchev–Trinajstić information content (AvgIpc) is 3.29. The lowest BCUT2D eigenvalue weighted by atomic mass is 9.78. The lowest BCUT2D eigenvalue weighted by Crippen LogP contribution is -2.42. The number of halogens is 3. The zero-order chi connectivity index (χ0) is 25.3. The Balaban J connectivity index is 1.48. The molecule has 35 heavy (non-hydrogen) atoms. The highest BCUT2D eigenvalue weighted by atomic mass is 19.4. The normalized spacial score (nSPS) is 21.1.